The molecular weight excluding hydrogens is 316 g/mol. The van der Waals surface area contributed by atoms with Crippen LogP contribution in [0.5, 0.6) is 0 Å². The lowest BCUT2D eigenvalue weighted by Crippen LogP contribution is -2.57. The number of fused-ring (bicyclic) bond motifs is 5. The molecule has 3 fully saturated rings. The highest BCUT2D eigenvalue weighted by molar-refractivity contribution is 5.91. The molecule has 4 aliphatic rings. The van der Waals surface area contributed by atoms with E-state index >= 15 is 0 Å². The molecule has 0 aromatic heterocycles. The van der Waals surface area contributed by atoms with Crippen LogP contribution in [0, 0.1) is 34.5 Å². The summed E-state index contributed by atoms with van der Waals surface area (Å²) in [6, 6.07) is 0. The molecule has 0 heterocycles. The predicted molar refractivity (Wildman–Crippen MR) is 93.6 cm³/mol. The molecule has 1 N–H and O–H groups in total. The second-order valence-electron chi connectivity index (χ2n) is 9.32. The molecular formula is C21H30O4. The van der Waals surface area contributed by atoms with Crippen molar-refractivity contribution in [2.24, 2.45) is 34.5 Å². The summed E-state index contributed by atoms with van der Waals surface area (Å²) in [6.45, 7) is 4.46. The van der Waals surface area contributed by atoms with Gasteiger partial charge in [0.25, 0.3) is 0 Å². The van der Waals surface area contributed by atoms with E-state index in [0.717, 1.165) is 32.1 Å². The normalized spacial score (nSPS) is 48.9. The zero-order chi connectivity index (χ0) is 18.0. The Labute approximate surface area is 150 Å². The maximum atomic E-state index is 12.3. The van der Waals surface area contributed by atoms with Gasteiger partial charge in [0.1, 0.15) is 0 Å². The van der Waals surface area contributed by atoms with Crippen molar-refractivity contribution in [3.8, 4) is 0 Å². The molecule has 25 heavy (non-hydrogen) atoms. The van der Waals surface area contributed by atoms with Crippen molar-refractivity contribution in [3.05, 3.63) is 11.6 Å². The lowest BCUT2D eigenvalue weighted by Gasteiger charge is -2.59. The molecule has 0 radical (unpaired) electrons. The zero-order valence-corrected chi connectivity index (χ0v) is 15.6. The first kappa shape index (κ1) is 17.3. The van der Waals surface area contributed by atoms with Crippen molar-refractivity contribution >= 4 is 11.8 Å². The van der Waals surface area contributed by atoms with Crippen LogP contribution >= 0.6 is 0 Å². The van der Waals surface area contributed by atoms with Crippen LogP contribution in [0.25, 0.3) is 0 Å². The second-order valence-corrected chi connectivity index (χ2v) is 9.32. The van der Waals surface area contributed by atoms with Gasteiger partial charge in [-0.15, -0.1) is 0 Å². The number of hydrogen-bond acceptors (Lipinski definition) is 4. The van der Waals surface area contributed by atoms with Crippen molar-refractivity contribution in [2.75, 3.05) is 7.11 Å². The van der Waals surface area contributed by atoms with E-state index in [1.54, 1.807) is 0 Å². The van der Waals surface area contributed by atoms with Gasteiger partial charge in [-0.3, -0.25) is 9.59 Å². The van der Waals surface area contributed by atoms with Crippen molar-refractivity contribution < 1.29 is 19.4 Å². The maximum Gasteiger partial charge on any atom is 0.309 e. The fourth-order valence-electron chi connectivity index (χ4n) is 7.22. The molecule has 4 nitrogen and oxygen atoms in total. The number of ether oxygens (including phenoxy) is 1. The van der Waals surface area contributed by atoms with Crippen LogP contribution in [0.15, 0.2) is 11.6 Å². The van der Waals surface area contributed by atoms with Crippen LogP contribution in [0.2, 0.25) is 0 Å². The van der Waals surface area contributed by atoms with Crippen molar-refractivity contribution in [1.29, 1.82) is 0 Å². The first-order chi connectivity index (χ1) is 11.8. The average molecular weight is 346 g/mol. The zero-order valence-electron chi connectivity index (χ0n) is 15.6. The van der Waals surface area contributed by atoms with Crippen molar-refractivity contribution in [1.82, 2.24) is 0 Å². The second kappa shape index (κ2) is 5.67. The van der Waals surface area contributed by atoms with Crippen molar-refractivity contribution in [3.63, 3.8) is 0 Å². The quantitative estimate of drug-likeness (QED) is 0.740. The maximum absolute atomic E-state index is 12.3. The van der Waals surface area contributed by atoms with E-state index in [0.29, 0.717) is 24.7 Å². The van der Waals surface area contributed by atoms with Crippen molar-refractivity contribution in [2.45, 2.75) is 64.9 Å². The Morgan fingerprint density at radius 3 is 2.72 bits per heavy atom. The molecule has 0 aromatic rings. The van der Waals surface area contributed by atoms with E-state index in [1.165, 1.54) is 12.7 Å². The molecule has 0 unspecified atom stereocenters. The summed E-state index contributed by atoms with van der Waals surface area (Å²) < 4.78 is 5.07. The molecule has 0 saturated heterocycles. The van der Waals surface area contributed by atoms with Gasteiger partial charge >= 0.3 is 5.97 Å². The summed E-state index contributed by atoms with van der Waals surface area (Å²) in [6.07, 6.45) is 7.53. The Morgan fingerprint density at radius 1 is 1.24 bits per heavy atom. The molecule has 0 aliphatic heterocycles. The number of aliphatic hydroxyl groups excluding tert-OH is 1. The number of esters is 1. The number of allylic oxidation sites excluding steroid dienone is 1. The first-order valence-corrected chi connectivity index (χ1v) is 9.81. The third-order valence-corrected chi connectivity index (χ3v) is 8.38. The number of carbonyl (C=O) groups is 2. The SMILES string of the molecule is COC(=O)[C@H]1CC[C@H]2[C@@H]3CCC4=CC(=O)CC[C@]4(C)[C@H]3[C@@H](O)C[C@]12C. The van der Waals surface area contributed by atoms with Crippen LogP contribution in [-0.2, 0) is 14.3 Å². The molecule has 7 atom stereocenters. The van der Waals surface area contributed by atoms with E-state index in [4.69, 9.17) is 4.74 Å². The Morgan fingerprint density at radius 2 is 2.00 bits per heavy atom. The summed E-state index contributed by atoms with van der Waals surface area (Å²) >= 11 is 0. The number of rotatable bonds is 1. The molecule has 0 amide bonds. The minimum Gasteiger partial charge on any atom is -0.469 e. The molecule has 4 heteroatoms. The van der Waals surface area contributed by atoms with Gasteiger partial charge in [0.2, 0.25) is 0 Å². The fourth-order valence-corrected chi connectivity index (χ4v) is 7.22. The van der Waals surface area contributed by atoms with E-state index in [9.17, 15) is 14.7 Å². The van der Waals surface area contributed by atoms with Gasteiger partial charge < -0.3 is 9.84 Å². The van der Waals surface area contributed by atoms with E-state index < -0.39 is 6.10 Å². The Balaban J connectivity index is 1.70. The van der Waals surface area contributed by atoms with Gasteiger partial charge in [-0.05, 0) is 73.2 Å². The van der Waals surface area contributed by atoms with Gasteiger partial charge in [0.05, 0.1) is 19.1 Å². The Hall–Kier alpha value is -1.16. The van der Waals surface area contributed by atoms with Gasteiger partial charge in [-0.1, -0.05) is 19.4 Å². The smallest absolute Gasteiger partial charge is 0.309 e. The summed E-state index contributed by atoms with van der Waals surface area (Å²) in [7, 11) is 1.47. The monoisotopic (exact) mass is 346 g/mol. The van der Waals surface area contributed by atoms with Gasteiger partial charge in [0, 0.05) is 6.42 Å². The number of carbonyl (C=O) groups excluding carboxylic acids is 2. The van der Waals surface area contributed by atoms with Crippen LogP contribution < -0.4 is 0 Å². The van der Waals surface area contributed by atoms with Crippen LogP contribution in [0.4, 0.5) is 0 Å². The molecule has 3 saturated carbocycles. The first-order valence-electron chi connectivity index (χ1n) is 9.81. The highest BCUT2D eigenvalue weighted by Gasteiger charge is 2.63. The van der Waals surface area contributed by atoms with E-state index in [1.807, 2.05) is 6.08 Å². The number of aliphatic hydroxyl groups is 1. The number of methoxy groups -OCH3 is 1. The average Bonchev–Trinajstić information content (AvgIpc) is 2.91. The third kappa shape index (κ3) is 2.29. The van der Waals surface area contributed by atoms with Gasteiger partial charge in [0.15, 0.2) is 5.78 Å². The highest BCUT2D eigenvalue weighted by atomic mass is 16.5. The molecule has 0 spiro atoms. The summed E-state index contributed by atoms with van der Waals surface area (Å²) in [5.74, 6) is 1.18. The topological polar surface area (TPSA) is 63.6 Å². The number of ketones is 1. The lowest BCUT2D eigenvalue weighted by atomic mass is 9.46. The Kier molecular flexibility index (Phi) is 3.91. The molecule has 0 aromatic carbocycles. The molecule has 4 rings (SSSR count). The molecule has 138 valence electrons. The van der Waals surface area contributed by atoms with E-state index in [2.05, 4.69) is 13.8 Å². The summed E-state index contributed by atoms with van der Waals surface area (Å²) in [5, 5.41) is 11.2. The molecule has 0 bridgehead atoms. The predicted octanol–water partition coefficient (Wildman–Crippen LogP) is 3.28. The molecule has 4 aliphatic carbocycles. The van der Waals surface area contributed by atoms with Crippen LogP contribution in [0.1, 0.15) is 58.8 Å². The highest BCUT2D eigenvalue weighted by Crippen LogP contribution is 2.66. The minimum absolute atomic E-state index is 0.0546. The van der Waals surface area contributed by atoms with Crippen LogP contribution in [-0.4, -0.2) is 30.1 Å². The fraction of sp³-hybridized carbons (Fsp3) is 0.810. The summed E-state index contributed by atoms with van der Waals surface area (Å²) in [5.41, 5.74) is 1.05. The lowest BCUT2D eigenvalue weighted by molar-refractivity contribution is -0.161. The van der Waals surface area contributed by atoms with E-state index in [-0.39, 0.29) is 34.4 Å². The summed E-state index contributed by atoms with van der Waals surface area (Å²) in [4.78, 5) is 24.2. The third-order valence-electron chi connectivity index (χ3n) is 8.38. The van der Waals surface area contributed by atoms with Crippen LogP contribution in [0.3, 0.4) is 0 Å². The largest absolute Gasteiger partial charge is 0.469 e. The Bertz CT molecular complexity index is 638. The number of hydrogen-bond donors (Lipinski definition) is 1. The van der Waals surface area contributed by atoms with Gasteiger partial charge in [-0.25, -0.2) is 0 Å². The van der Waals surface area contributed by atoms with Gasteiger partial charge in [-0.2, -0.15) is 0 Å². The minimum atomic E-state index is -0.404. The standard InChI is InChI=1S/C21H30O4/c1-20-9-8-13(22)10-12(20)4-5-14-15-6-7-16(19(24)25-3)21(15,2)11-17(23)18(14)20/h10,14-18,23H,4-9,11H2,1-3H3/t14-,15-,16+,17-,18+,20-,21-/m0/s1.